The van der Waals surface area contributed by atoms with Gasteiger partial charge in [0.15, 0.2) is 0 Å². The predicted molar refractivity (Wildman–Crippen MR) is 251 cm³/mol. The SMILES string of the molecule is O=C1C2Cc3c(n(S(=O)(=O)c4ccccc4)c4ccccc34)CC2C(=O)N1c1ccc(Cc2ccc(N3C(=O)C4Cc5c(n(S(=O)(=O)c6ccccc6)c6ccccc56)CC4C3=O)cc2)cc1. The molecule has 4 atom stereocenters. The fourth-order valence-electron chi connectivity index (χ4n) is 11.1. The Bertz CT molecular complexity index is 3400. The summed E-state index contributed by atoms with van der Waals surface area (Å²) in [6.45, 7) is 0. The lowest BCUT2D eigenvalue weighted by atomic mass is 9.79. The monoisotopic (exact) mass is 924 g/mol. The number of aromatic nitrogens is 2. The molecule has 0 saturated carbocycles. The third kappa shape index (κ3) is 6.15. The van der Waals surface area contributed by atoms with Gasteiger partial charge in [-0.2, -0.15) is 0 Å². The van der Waals surface area contributed by atoms with Gasteiger partial charge in [0.1, 0.15) is 0 Å². The van der Waals surface area contributed by atoms with Gasteiger partial charge in [0.05, 0.1) is 55.9 Å². The Labute approximate surface area is 385 Å². The van der Waals surface area contributed by atoms with Crippen LogP contribution >= 0.6 is 0 Å². The van der Waals surface area contributed by atoms with Crippen LogP contribution in [0.1, 0.15) is 33.6 Å². The van der Waals surface area contributed by atoms with Crippen molar-refractivity contribution < 1.29 is 36.0 Å². The van der Waals surface area contributed by atoms with Crippen LogP contribution in [0.3, 0.4) is 0 Å². The van der Waals surface area contributed by atoms with E-state index < -0.39 is 43.7 Å². The first-order valence-electron chi connectivity index (χ1n) is 22.2. The standard InChI is InChI=1S/C53H40N4O8S2/c58-50-42-28-40-38-15-7-9-17-46(38)56(66(62,63)36-11-3-1-4-12-36)48(40)30-44(42)52(60)54(50)34-23-19-32(20-24-34)27-33-21-25-35(26-22-33)55-51(59)43-29-41-39-16-8-10-18-47(39)57(49(41)31-45(43)53(55)61)67(64,65)37-13-5-2-6-14-37/h1-26,42-45H,27-31H2. The van der Waals surface area contributed by atoms with E-state index in [-0.39, 0.29) is 59.1 Å². The van der Waals surface area contributed by atoms with Crippen molar-refractivity contribution in [1.82, 2.24) is 7.94 Å². The van der Waals surface area contributed by atoms with Gasteiger partial charge in [0.2, 0.25) is 23.6 Å². The number of amides is 4. The van der Waals surface area contributed by atoms with Gasteiger partial charge in [-0.05, 0) is 102 Å². The molecule has 2 aliphatic heterocycles. The highest BCUT2D eigenvalue weighted by Crippen LogP contribution is 2.46. The largest absolute Gasteiger partial charge is 0.274 e. The minimum absolute atomic E-state index is 0.108. The number of benzene rings is 6. The molecule has 12 rings (SSSR count). The molecule has 2 fully saturated rings. The number of hydrogen-bond acceptors (Lipinski definition) is 8. The highest BCUT2D eigenvalue weighted by atomic mass is 32.2. The zero-order valence-electron chi connectivity index (χ0n) is 35.7. The molecule has 8 aromatic rings. The lowest BCUT2D eigenvalue weighted by molar-refractivity contribution is -0.124. The third-order valence-corrected chi connectivity index (χ3v) is 17.8. The van der Waals surface area contributed by atoms with Crippen LogP contribution in [0.15, 0.2) is 168 Å². The minimum Gasteiger partial charge on any atom is -0.274 e. The fraction of sp³-hybridized carbons (Fsp3) is 0.170. The molecule has 0 bridgehead atoms. The number of carbonyl (C=O) groups excluding carboxylic acids is 4. The molecule has 4 aliphatic rings. The first-order chi connectivity index (χ1) is 32.4. The van der Waals surface area contributed by atoms with Gasteiger partial charge in [0, 0.05) is 35.0 Å². The maximum absolute atomic E-state index is 14.1. The van der Waals surface area contributed by atoms with E-state index in [1.54, 1.807) is 109 Å². The summed E-state index contributed by atoms with van der Waals surface area (Å²) in [6.07, 6.45) is 1.20. The summed E-state index contributed by atoms with van der Waals surface area (Å²) in [6, 6.07) is 45.4. The van der Waals surface area contributed by atoms with Gasteiger partial charge < -0.3 is 0 Å². The topological polar surface area (TPSA) is 153 Å². The Morgan fingerprint density at radius 1 is 0.388 bits per heavy atom. The maximum atomic E-state index is 14.1. The molecular weight excluding hydrogens is 885 g/mol. The number of rotatable bonds is 8. The zero-order chi connectivity index (χ0) is 45.9. The van der Waals surface area contributed by atoms with E-state index in [1.165, 1.54) is 17.7 Å². The van der Waals surface area contributed by atoms with Crippen LogP contribution in [0, 0.1) is 23.7 Å². The van der Waals surface area contributed by atoms with Crippen molar-refractivity contribution in [1.29, 1.82) is 0 Å². The van der Waals surface area contributed by atoms with E-state index in [4.69, 9.17) is 0 Å². The first kappa shape index (κ1) is 41.0. The molecule has 0 N–H and O–H groups in total. The number of nitrogens with zero attached hydrogens (tertiary/aromatic N) is 4. The zero-order valence-corrected chi connectivity index (χ0v) is 37.4. The second kappa shape index (κ2) is 15.1. The quantitative estimate of drug-likeness (QED) is 0.142. The van der Waals surface area contributed by atoms with Gasteiger partial charge in [-0.15, -0.1) is 0 Å². The Hall–Kier alpha value is -7.42. The van der Waals surface area contributed by atoms with E-state index in [9.17, 15) is 36.0 Å². The van der Waals surface area contributed by atoms with Gasteiger partial charge in [-0.25, -0.2) is 24.8 Å². The van der Waals surface area contributed by atoms with E-state index in [0.29, 0.717) is 40.2 Å². The summed E-state index contributed by atoms with van der Waals surface area (Å²) in [5, 5.41) is 1.50. The summed E-state index contributed by atoms with van der Waals surface area (Å²) < 4.78 is 59.1. The van der Waals surface area contributed by atoms with Crippen molar-refractivity contribution in [2.24, 2.45) is 23.7 Å². The molecule has 14 heteroatoms. The maximum Gasteiger partial charge on any atom is 0.268 e. The molecule has 0 radical (unpaired) electrons. The first-order valence-corrected chi connectivity index (χ1v) is 25.1. The molecule has 4 heterocycles. The van der Waals surface area contributed by atoms with Crippen LogP contribution in [-0.4, -0.2) is 48.4 Å². The predicted octanol–water partition coefficient (Wildman–Crippen LogP) is 7.47. The smallest absolute Gasteiger partial charge is 0.268 e. The Balaban J connectivity index is 0.759. The second-order valence-electron chi connectivity index (χ2n) is 17.8. The molecule has 0 spiro atoms. The van der Waals surface area contributed by atoms with Crippen LogP contribution < -0.4 is 9.80 Å². The Morgan fingerprint density at radius 3 is 1.09 bits per heavy atom. The molecule has 67 heavy (non-hydrogen) atoms. The van der Waals surface area contributed by atoms with Gasteiger partial charge in [-0.1, -0.05) is 97.1 Å². The van der Waals surface area contributed by atoms with E-state index in [0.717, 1.165) is 33.0 Å². The summed E-state index contributed by atoms with van der Waals surface area (Å²) in [7, 11) is -8.01. The number of hydrogen-bond donors (Lipinski definition) is 0. The van der Waals surface area contributed by atoms with Crippen molar-refractivity contribution in [3.63, 3.8) is 0 Å². The number of fused-ring (bicyclic) bond motifs is 8. The average molecular weight is 925 g/mol. The molecular formula is C53H40N4O8S2. The molecule has 2 saturated heterocycles. The number of imide groups is 2. The Morgan fingerprint density at radius 2 is 0.716 bits per heavy atom. The highest BCUT2D eigenvalue weighted by molar-refractivity contribution is 7.90. The molecule has 6 aromatic carbocycles. The molecule has 12 nitrogen and oxygen atoms in total. The lowest BCUT2D eigenvalue weighted by Gasteiger charge is -2.23. The van der Waals surface area contributed by atoms with Crippen LogP contribution in [0.2, 0.25) is 0 Å². The van der Waals surface area contributed by atoms with Crippen LogP contribution in [0.25, 0.3) is 21.8 Å². The van der Waals surface area contributed by atoms with Gasteiger partial charge in [-0.3, -0.25) is 29.0 Å². The van der Waals surface area contributed by atoms with E-state index in [1.807, 2.05) is 48.5 Å². The molecule has 4 amide bonds. The van der Waals surface area contributed by atoms with Crippen LogP contribution in [-0.2, 0) is 71.3 Å². The van der Waals surface area contributed by atoms with Crippen molar-refractivity contribution >= 4 is 76.9 Å². The summed E-state index contributed by atoms with van der Waals surface area (Å²) in [5.74, 6) is -4.03. The van der Waals surface area contributed by atoms with E-state index >= 15 is 0 Å². The number of para-hydroxylation sites is 2. The summed E-state index contributed by atoms with van der Waals surface area (Å²) in [5.41, 5.74) is 6.34. The fourth-order valence-corrected chi connectivity index (χ4v) is 14.3. The Kier molecular flexibility index (Phi) is 9.22. The highest BCUT2D eigenvalue weighted by Gasteiger charge is 2.53. The lowest BCUT2D eigenvalue weighted by Crippen LogP contribution is -2.31. The van der Waals surface area contributed by atoms with E-state index in [2.05, 4.69) is 0 Å². The second-order valence-corrected chi connectivity index (χ2v) is 21.4. The molecule has 4 unspecified atom stereocenters. The third-order valence-electron chi connectivity index (χ3n) is 14.2. The normalized spacial score (nSPS) is 20.4. The molecule has 2 aliphatic carbocycles. The minimum atomic E-state index is -4.01. The van der Waals surface area contributed by atoms with Gasteiger partial charge >= 0.3 is 0 Å². The van der Waals surface area contributed by atoms with Crippen molar-refractivity contribution in [3.05, 3.63) is 191 Å². The van der Waals surface area contributed by atoms with Gasteiger partial charge in [0.25, 0.3) is 20.0 Å². The molecule has 2 aromatic heterocycles. The summed E-state index contributed by atoms with van der Waals surface area (Å²) >= 11 is 0. The van der Waals surface area contributed by atoms with Crippen LogP contribution in [0.4, 0.5) is 11.4 Å². The molecule has 332 valence electrons. The van der Waals surface area contributed by atoms with Crippen molar-refractivity contribution in [2.45, 2.75) is 41.9 Å². The van der Waals surface area contributed by atoms with Crippen molar-refractivity contribution in [3.8, 4) is 0 Å². The average Bonchev–Trinajstić information content (AvgIpc) is 4.02. The van der Waals surface area contributed by atoms with Crippen LogP contribution in [0.5, 0.6) is 0 Å². The van der Waals surface area contributed by atoms with Crippen molar-refractivity contribution in [2.75, 3.05) is 9.80 Å². The number of carbonyl (C=O) groups is 4. The number of anilines is 2. The summed E-state index contributed by atoms with van der Waals surface area (Å²) in [4.78, 5) is 59.2.